The third-order valence-corrected chi connectivity index (χ3v) is 4.98. The summed E-state index contributed by atoms with van der Waals surface area (Å²) in [5.74, 6) is 0.353. The Kier molecular flexibility index (Phi) is 5.83. The maximum absolute atomic E-state index is 12.4. The molecule has 4 nitrogen and oxygen atoms in total. The standard InChI is InChI=1S/C18H19F3N2O2S/c19-18(20,21)5-6-23-7-8-25-16-10-13(3-4-14(16)12-23)17(24)22-11-15-2-1-9-26-15/h1-4,9-10H,5-8,11-12H2,(H,22,24). The second-order valence-electron chi connectivity index (χ2n) is 6.07. The Labute approximate surface area is 153 Å². The average molecular weight is 384 g/mol. The Morgan fingerprint density at radius 2 is 2.15 bits per heavy atom. The fraction of sp³-hybridized carbons (Fsp3) is 0.389. The molecule has 8 heteroatoms. The largest absolute Gasteiger partial charge is 0.492 e. The first kappa shape index (κ1) is 18.7. The fourth-order valence-corrected chi connectivity index (χ4v) is 3.37. The van der Waals surface area contributed by atoms with Crippen LogP contribution >= 0.6 is 11.3 Å². The van der Waals surface area contributed by atoms with Gasteiger partial charge in [0.05, 0.1) is 13.0 Å². The summed E-state index contributed by atoms with van der Waals surface area (Å²) in [6.45, 7) is 1.49. The van der Waals surface area contributed by atoms with Crippen molar-refractivity contribution in [1.82, 2.24) is 10.2 Å². The molecule has 0 atom stereocenters. The van der Waals surface area contributed by atoms with E-state index in [0.29, 0.717) is 37.6 Å². The van der Waals surface area contributed by atoms with Crippen LogP contribution in [-0.4, -0.2) is 36.7 Å². The van der Waals surface area contributed by atoms with Crippen LogP contribution in [0.15, 0.2) is 35.7 Å². The van der Waals surface area contributed by atoms with Gasteiger partial charge in [0, 0.05) is 35.6 Å². The van der Waals surface area contributed by atoms with E-state index in [1.54, 1.807) is 34.4 Å². The van der Waals surface area contributed by atoms with Crippen molar-refractivity contribution in [3.8, 4) is 5.75 Å². The van der Waals surface area contributed by atoms with E-state index < -0.39 is 12.6 Å². The van der Waals surface area contributed by atoms with Crippen LogP contribution in [0, 0.1) is 0 Å². The molecule has 2 heterocycles. The van der Waals surface area contributed by atoms with E-state index in [2.05, 4.69) is 5.32 Å². The fourth-order valence-electron chi connectivity index (χ4n) is 2.72. The van der Waals surface area contributed by atoms with Gasteiger partial charge in [-0.1, -0.05) is 12.1 Å². The number of ether oxygens (including phenoxy) is 1. The third kappa shape index (κ3) is 5.22. The Hall–Kier alpha value is -2.06. The zero-order valence-corrected chi connectivity index (χ0v) is 14.8. The van der Waals surface area contributed by atoms with Crippen LogP contribution in [0.2, 0.25) is 0 Å². The molecule has 0 unspecified atom stereocenters. The Bertz CT molecular complexity index is 747. The second-order valence-corrected chi connectivity index (χ2v) is 7.11. The van der Waals surface area contributed by atoms with Crippen LogP contribution in [0.5, 0.6) is 5.75 Å². The molecule has 1 aromatic heterocycles. The molecule has 1 aromatic carbocycles. The highest BCUT2D eigenvalue weighted by Crippen LogP contribution is 2.26. The summed E-state index contributed by atoms with van der Waals surface area (Å²) in [6.07, 6.45) is -5.01. The van der Waals surface area contributed by atoms with Crippen LogP contribution in [0.3, 0.4) is 0 Å². The number of carbonyl (C=O) groups excluding carboxylic acids is 1. The highest BCUT2D eigenvalue weighted by Gasteiger charge is 2.28. The SMILES string of the molecule is O=C(NCc1cccs1)c1ccc2c(c1)OCCN(CCC(F)(F)F)C2. The predicted octanol–water partition coefficient (Wildman–Crippen LogP) is 3.82. The van der Waals surface area contributed by atoms with Crippen LogP contribution in [-0.2, 0) is 13.1 Å². The molecule has 1 N–H and O–H groups in total. The van der Waals surface area contributed by atoms with Gasteiger partial charge in [-0.05, 0) is 23.6 Å². The minimum atomic E-state index is -4.17. The summed E-state index contributed by atoms with van der Waals surface area (Å²) in [6, 6.07) is 8.96. The molecule has 140 valence electrons. The number of hydrogen-bond donors (Lipinski definition) is 1. The molecule has 3 rings (SSSR count). The van der Waals surface area contributed by atoms with Crippen LogP contribution in [0.1, 0.15) is 27.2 Å². The van der Waals surface area contributed by atoms with Crippen molar-refractivity contribution in [3.63, 3.8) is 0 Å². The molecular formula is C18H19F3N2O2S. The number of thiophene rings is 1. The molecule has 0 aliphatic carbocycles. The number of benzene rings is 1. The number of alkyl halides is 3. The number of nitrogens with one attached hydrogen (secondary N) is 1. The van der Waals surface area contributed by atoms with Crippen molar-refractivity contribution in [3.05, 3.63) is 51.7 Å². The summed E-state index contributed by atoms with van der Waals surface area (Å²) in [5.41, 5.74) is 1.27. The van der Waals surface area contributed by atoms with Crippen LogP contribution in [0.25, 0.3) is 0 Å². The smallest absolute Gasteiger partial charge is 0.390 e. The van der Waals surface area contributed by atoms with Gasteiger partial charge in [-0.2, -0.15) is 13.2 Å². The first-order valence-corrected chi connectivity index (χ1v) is 9.14. The number of rotatable bonds is 5. The molecule has 26 heavy (non-hydrogen) atoms. The van der Waals surface area contributed by atoms with E-state index in [9.17, 15) is 18.0 Å². The van der Waals surface area contributed by atoms with E-state index in [1.165, 1.54) is 0 Å². The molecule has 0 spiro atoms. The lowest BCUT2D eigenvalue weighted by molar-refractivity contribution is -0.138. The lowest BCUT2D eigenvalue weighted by Gasteiger charge is -2.20. The van der Waals surface area contributed by atoms with Gasteiger partial charge in [-0.3, -0.25) is 9.69 Å². The first-order chi connectivity index (χ1) is 12.4. The molecular weight excluding hydrogens is 365 g/mol. The Balaban J connectivity index is 1.62. The monoisotopic (exact) mass is 384 g/mol. The predicted molar refractivity (Wildman–Crippen MR) is 93.4 cm³/mol. The number of fused-ring (bicyclic) bond motifs is 1. The van der Waals surface area contributed by atoms with E-state index >= 15 is 0 Å². The lowest BCUT2D eigenvalue weighted by Crippen LogP contribution is -2.29. The number of halogens is 3. The Morgan fingerprint density at radius 3 is 2.88 bits per heavy atom. The van der Waals surface area contributed by atoms with E-state index in [0.717, 1.165) is 10.4 Å². The van der Waals surface area contributed by atoms with Crippen LogP contribution in [0.4, 0.5) is 13.2 Å². The third-order valence-electron chi connectivity index (χ3n) is 4.10. The maximum Gasteiger partial charge on any atom is 0.390 e. The normalized spacial score (nSPS) is 15.0. The van der Waals surface area contributed by atoms with Crippen molar-refractivity contribution < 1.29 is 22.7 Å². The molecule has 2 aromatic rings. The summed E-state index contributed by atoms with van der Waals surface area (Å²) in [4.78, 5) is 15.1. The lowest BCUT2D eigenvalue weighted by atomic mass is 10.1. The zero-order valence-electron chi connectivity index (χ0n) is 14.0. The minimum Gasteiger partial charge on any atom is -0.492 e. The highest BCUT2D eigenvalue weighted by molar-refractivity contribution is 7.09. The number of carbonyl (C=O) groups is 1. The van der Waals surface area contributed by atoms with Gasteiger partial charge in [0.2, 0.25) is 0 Å². The highest BCUT2D eigenvalue weighted by atomic mass is 32.1. The van der Waals surface area contributed by atoms with Gasteiger partial charge in [0.1, 0.15) is 12.4 Å². The number of amides is 1. The summed E-state index contributed by atoms with van der Waals surface area (Å²) < 4.78 is 42.9. The molecule has 0 radical (unpaired) electrons. The minimum absolute atomic E-state index is 0.0602. The molecule has 1 amide bonds. The maximum atomic E-state index is 12.4. The average Bonchev–Trinajstić information content (AvgIpc) is 3.02. The van der Waals surface area contributed by atoms with Crippen LogP contribution < -0.4 is 10.1 Å². The molecule has 0 fully saturated rings. The van der Waals surface area contributed by atoms with E-state index in [4.69, 9.17) is 4.74 Å². The van der Waals surface area contributed by atoms with Crippen molar-refractivity contribution >= 4 is 17.2 Å². The number of hydrogen-bond acceptors (Lipinski definition) is 4. The van der Waals surface area contributed by atoms with Gasteiger partial charge in [-0.15, -0.1) is 11.3 Å². The quantitative estimate of drug-likeness (QED) is 0.852. The molecule has 0 bridgehead atoms. The summed E-state index contributed by atoms with van der Waals surface area (Å²) in [5, 5.41) is 4.80. The topological polar surface area (TPSA) is 41.6 Å². The van der Waals surface area contributed by atoms with E-state index in [-0.39, 0.29) is 12.5 Å². The van der Waals surface area contributed by atoms with Crippen molar-refractivity contribution in [1.29, 1.82) is 0 Å². The molecule has 1 aliphatic heterocycles. The zero-order chi connectivity index (χ0) is 18.6. The second kappa shape index (κ2) is 8.09. The van der Waals surface area contributed by atoms with Crippen molar-refractivity contribution in [2.75, 3.05) is 19.7 Å². The molecule has 0 saturated heterocycles. The molecule has 0 saturated carbocycles. The van der Waals surface area contributed by atoms with Gasteiger partial charge >= 0.3 is 6.18 Å². The van der Waals surface area contributed by atoms with Gasteiger partial charge < -0.3 is 10.1 Å². The molecule has 1 aliphatic rings. The first-order valence-electron chi connectivity index (χ1n) is 8.26. The van der Waals surface area contributed by atoms with Crippen molar-refractivity contribution in [2.24, 2.45) is 0 Å². The van der Waals surface area contributed by atoms with E-state index in [1.807, 2.05) is 17.5 Å². The number of nitrogens with zero attached hydrogens (tertiary/aromatic N) is 1. The van der Waals surface area contributed by atoms with Gasteiger partial charge in [0.15, 0.2) is 0 Å². The van der Waals surface area contributed by atoms with Crippen molar-refractivity contribution in [2.45, 2.75) is 25.7 Å². The summed E-state index contributed by atoms with van der Waals surface area (Å²) >= 11 is 1.57. The Morgan fingerprint density at radius 1 is 1.31 bits per heavy atom. The van der Waals surface area contributed by atoms with Gasteiger partial charge in [-0.25, -0.2) is 0 Å². The summed E-state index contributed by atoms with van der Waals surface area (Å²) in [7, 11) is 0. The van der Waals surface area contributed by atoms with Gasteiger partial charge in [0.25, 0.3) is 5.91 Å².